The molecule has 0 radical (unpaired) electrons. The zero-order valence-corrected chi connectivity index (χ0v) is 11.1. The van der Waals surface area contributed by atoms with Crippen molar-refractivity contribution in [2.24, 2.45) is 5.92 Å². The molecule has 18 heavy (non-hydrogen) atoms. The minimum Gasteiger partial charge on any atom is -0.310 e. The van der Waals surface area contributed by atoms with Crippen molar-refractivity contribution < 1.29 is 4.92 Å². The molecule has 2 atom stereocenters. The highest BCUT2D eigenvalue weighted by Gasteiger charge is 2.22. The number of nitro groups is 1. The van der Waals surface area contributed by atoms with Crippen LogP contribution in [0.5, 0.6) is 0 Å². The van der Waals surface area contributed by atoms with Gasteiger partial charge < -0.3 is 5.32 Å². The van der Waals surface area contributed by atoms with E-state index in [1.54, 1.807) is 12.1 Å². The van der Waals surface area contributed by atoms with Crippen molar-refractivity contribution in [1.82, 2.24) is 5.32 Å². The molecule has 0 saturated heterocycles. The molecule has 5 heteroatoms. The van der Waals surface area contributed by atoms with Crippen LogP contribution in [-0.4, -0.2) is 11.0 Å². The van der Waals surface area contributed by atoms with Crippen LogP contribution in [0.15, 0.2) is 18.2 Å². The molecule has 0 aliphatic heterocycles. The average molecular weight is 269 g/mol. The third kappa shape index (κ3) is 3.00. The van der Waals surface area contributed by atoms with Crippen LogP contribution < -0.4 is 5.32 Å². The van der Waals surface area contributed by atoms with Gasteiger partial charge in [0.2, 0.25) is 0 Å². The Labute approximate surface area is 111 Å². The molecule has 0 heterocycles. The number of hydrogen-bond acceptors (Lipinski definition) is 3. The first-order valence-electron chi connectivity index (χ1n) is 6.24. The Balaban J connectivity index is 2.04. The van der Waals surface area contributed by atoms with Crippen LogP contribution in [0.4, 0.5) is 5.69 Å². The number of halogens is 1. The Bertz CT molecular complexity index is 451. The average Bonchev–Trinajstić information content (AvgIpc) is 2.73. The summed E-state index contributed by atoms with van der Waals surface area (Å²) in [6, 6.07) is 5.08. The first kappa shape index (κ1) is 13.3. The Morgan fingerprint density at radius 2 is 2.28 bits per heavy atom. The summed E-state index contributed by atoms with van der Waals surface area (Å²) in [6.07, 6.45) is 3.68. The second-order valence-electron chi connectivity index (χ2n) is 4.93. The maximum absolute atomic E-state index is 10.7. The van der Waals surface area contributed by atoms with Gasteiger partial charge in [-0.1, -0.05) is 24.9 Å². The number of rotatable bonds is 4. The highest BCUT2D eigenvalue weighted by Crippen LogP contribution is 2.26. The Morgan fingerprint density at radius 1 is 1.50 bits per heavy atom. The lowest BCUT2D eigenvalue weighted by molar-refractivity contribution is -0.384. The summed E-state index contributed by atoms with van der Waals surface area (Å²) in [5.74, 6) is 0.669. The van der Waals surface area contributed by atoms with E-state index in [1.165, 1.54) is 25.3 Å². The number of benzene rings is 1. The molecule has 1 aliphatic rings. The number of hydrogen-bond donors (Lipinski definition) is 1. The predicted molar refractivity (Wildman–Crippen MR) is 71.7 cm³/mol. The molecule has 1 aliphatic carbocycles. The smallest absolute Gasteiger partial charge is 0.269 e. The van der Waals surface area contributed by atoms with Crippen molar-refractivity contribution in [3.63, 3.8) is 0 Å². The topological polar surface area (TPSA) is 55.2 Å². The Hall–Kier alpha value is -1.13. The van der Waals surface area contributed by atoms with Crippen LogP contribution in [0.25, 0.3) is 0 Å². The van der Waals surface area contributed by atoms with Crippen molar-refractivity contribution >= 4 is 17.3 Å². The molecule has 0 aromatic heterocycles. The van der Waals surface area contributed by atoms with Gasteiger partial charge in [0.25, 0.3) is 5.69 Å². The second-order valence-corrected chi connectivity index (χ2v) is 5.34. The van der Waals surface area contributed by atoms with Gasteiger partial charge in [-0.2, -0.15) is 0 Å². The third-order valence-corrected chi connectivity index (χ3v) is 4.03. The lowest BCUT2D eigenvalue weighted by Crippen LogP contribution is -2.30. The number of nitro benzene ring substituents is 1. The van der Waals surface area contributed by atoms with E-state index in [9.17, 15) is 10.1 Å². The second kappa shape index (κ2) is 5.67. The molecule has 1 aromatic rings. The molecular formula is C13H17ClN2O2. The van der Waals surface area contributed by atoms with Crippen LogP contribution >= 0.6 is 11.6 Å². The molecule has 0 spiro atoms. The monoisotopic (exact) mass is 268 g/mol. The van der Waals surface area contributed by atoms with Gasteiger partial charge in [-0.15, -0.1) is 0 Å². The fourth-order valence-corrected chi connectivity index (χ4v) is 2.68. The van der Waals surface area contributed by atoms with Gasteiger partial charge in [-0.3, -0.25) is 10.1 Å². The van der Waals surface area contributed by atoms with E-state index >= 15 is 0 Å². The molecule has 0 bridgehead atoms. The molecular weight excluding hydrogens is 252 g/mol. The van der Waals surface area contributed by atoms with Crippen LogP contribution in [-0.2, 0) is 6.54 Å². The first-order valence-corrected chi connectivity index (χ1v) is 6.62. The van der Waals surface area contributed by atoms with Crippen LogP contribution in [0.3, 0.4) is 0 Å². The van der Waals surface area contributed by atoms with Gasteiger partial charge in [0, 0.05) is 29.7 Å². The van der Waals surface area contributed by atoms with Gasteiger partial charge in [-0.05, 0) is 30.4 Å². The highest BCUT2D eigenvalue weighted by molar-refractivity contribution is 6.31. The number of nitrogens with one attached hydrogen (secondary N) is 1. The molecule has 98 valence electrons. The fraction of sp³-hybridized carbons (Fsp3) is 0.538. The quantitative estimate of drug-likeness (QED) is 0.671. The fourth-order valence-electron chi connectivity index (χ4n) is 2.50. The molecule has 2 rings (SSSR count). The molecule has 1 N–H and O–H groups in total. The van der Waals surface area contributed by atoms with Gasteiger partial charge in [-0.25, -0.2) is 0 Å². The largest absolute Gasteiger partial charge is 0.310 e. The van der Waals surface area contributed by atoms with Crippen LogP contribution in [0.1, 0.15) is 31.7 Å². The Morgan fingerprint density at radius 3 is 2.89 bits per heavy atom. The number of nitrogens with zero attached hydrogens (tertiary/aromatic N) is 1. The van der Waals surface area contributed by atoms with Crippen molar-refractivity contribution in [2.45, 2.75) is 38.8 Å². The zero-order chi connectivity index (χ0) is 13.1. The van der Waals surface area contributed by atoms with E-state index < -0.39 is 4.92 Å². The summed E-state index contributed by atoms with van der Waals surface area (Å²) in [7, 11) is 0. The highest BCUT2D eigenvalue weighted by atomic mass is 35.5. The van der Waals surface area contributed by atoms with Gasteiger partial charge in [0.15, 0.2) is 0 Å². The maximum Gasteiger partial charge on any atom is 0.269 e. The van der Waals surface area contributed by atoms with E-state index in [2.05, 4.69) is 12.2 Å². The minimum absolute atomic E-state index is 0.0932. The maximum atomic E-state index is 10.7. The van der Waals surface area contributed by atoms with Crippen LogP contribution in [0, 0.1) is 16.0 Å². The Kier molecular flexibility index (Phi) is 4.19. The van der Waals surface area contributed by atoms with E-state index in [0.29, 0.717) is 23.5 Å². The first-order chi connectivity index (χ1) is 8.58. The minimum atomic E-state index is -0.391. The molecule has 1 fully saturated rings. The summed E-state index contributed by atoms with van der Waals surface area (Å²) >= 11 is 6.06. The van der Waals surface area contributed by atoms with Gasteiger partial charge in [0.1, 0.15) is 0 Å². The lowest BCUT2D eigenvalue weighted by Gasteiger charge is -2.17. The number of non-ortho nitro benzene ring substituents is 1. The van der Waals surface area contributed by atoms with Crippen molar-refractivity contribution in [2.75, 3.05) is 0 Å². The summed E-state index contributed by atoms with van der Waals surface area (Å²) in [6.45, 7) is 2.83. The normalized spacial score (nSPS) is 23.2. The molecule has 0 amide bonds. The van der Waals surface area contributed by atoms with E-state index in [1.807, 2.05) is 0 Å². The van der Waals surface area contributed by atoms with E-state index in [0.717, 1.165) is 5.56 Å². The SMILES string of the molecule is CC1CCCC1NCc1cc([N+](=O)[O-])ccc1Cl. The predicted octanol–water partition coefficient (Wildman–Crippen LogP) is 3.53. The van der Waals surface area contributed by atoms with Gasteiger partial charge in [0.05, 0.1) is 4.92 Å². The molecule has 1 saturated carbocycles. The van der Waals surface area contributed by atoms with Crippen molar-refractivity contribution in [3.8, 4) is 0 Å². The van der Waals surface area contributed by atoms with Crippen molar-refractivity contribution in [1.29, 1.82) is 0 Å². The summed E-state index contributed by atoms with van der Waals surface area (Å²) in [5.41, 5.74) is 0.889. The molecule has 4 nitrogen and oxygen atoms in total. The summed E-state index contributed by atoms with van der Waals surface area (Å²) < 4.78 is 0. The van der Waals surface area contributed by atoms with Crippen LogP contribution in [0.2, 0.25) is 5.02 Å². The summed E-state index contributed by atoms with van der Waals surface area (Å²) in [5, 5.41) is 14.7. The molecule has 1 aromatic carbocycles. The lowest BCUT2D eigenvalue weighted by atomic mass is 10.1. The standard InChI is InChI=1S/C13H17ClN2O2/c1-9-3-2-4-13(9)15-8-10-7-11(16(17)18)5-6-12(10)14/h5-7,9,13,15H,2-4,8H2,1H3. The van der Waals surface area contributed by atoms with E-state index in [-0.39, 0.29) is 5.69 Å². The molecule has 2 unspecified atom stereocenters. The zero-order valence-electron chi connectivity index (χ0n) is 10.4. The van der Waals surface area contributed by atoms with Crippen molar-refractivity contribution in [3.05, 3.63) is 38.9 Å². The third-order valence-electron chi connectivity index (χ3n) is 3.66. The van der Waals surface area contributed by atoms with E-state index in [4.69, 9.17) is 11.6 Å². The van der Waals surface area contributed by atoms with Gasteiger partial charge >= 0.3 is 0 Å². The summed E-state index contributed by atoms with van der Waals surface area (Å²) in [4.78, 5) is 10.3.